The maximum absolute atomic E-state index is 5.60. The van der Waals surface area contributed by atoms with Crippen molar-refractivity contribution in [3.05, 3.63) is 46.7 Å². The first-order valence-electron chi connectivity index (χ1n) is 4.59. The molecule has 0 N–H and O–H groups in total. The zero-order chi connectivity index (χ0) is 10.5. The molecule has 2 nitrogen and oxygen atoms in total. The Balaban J connectivity index is 1.98. The van der Waals surface area contributed by atoms with Gasteiger partial charge in [-0.05, 0) is 29.6 Å². The fourth-order valence-corrected chi connectivity index (χ4v) is 1.74. The molecule has 0 aliphatic carbocycles. The fraction of sp³-hybridized carbons (Fsp3) is 0.167. The van der Waals surface area contributed by atoms with Gasteiger partial charge in [0.25, 0.3) is 0 Å². The second kappa shape index (κ2) is 4.84. The first-order valence-corrected chi connectivity index (χ1v) is 5.47. The van der Waals surface area contributed by atoms with E-state index in [4.69, 9.17) is 9.47 Å². The van der Waals surface area contributed by atoms with E-state index in [2.05, 4.69) is 6.07 Å². The van der Waals surface area contributed by atoms with Crippen LogP contribution in [0.15, 0.2) is 35.7 Å². The molecule has 15 heavy (non-hydrogen) atoms. The van der Waals surface area contributed by atoms with Crippen LogP contribution in [0.3, 0.4) is 0 Å². The molecule has 0 unspecified atom stereocenters. The van der Waals surface area contributed by atoms with E-state index in [-0.39, 0.29) is 0 Å². The molecular formula is C12H11O2S. The third kappa shape index (κ3) is 2.73. The predicted molar refractivity (Wildman–Crippen MR) is 60.5 cm³/mol. The predicted octanol–water partition coefficient (Wildman–Crippen LogP) is 3.14. The van der Waals surface area contributed by atoms with E-state index in [0.29, 0.717) is 6.61 Å². The Bertz CT molecular complexity index is 409. The van der Waals surface area contributed by atoms with E-state index < -0.39 is 0 Å². The standard InChI is InChI=1S/C12H11O2S/c1-13-10-4-2-5-11(8-10)14-9-12-6-3-7-15-12/h2,4-8H,9H2,1H3. The number of ether oxygens (including phenoxy) is 2. The van der Waals surface area contributed by atoms with Crippen molar-refractivity contribution in [2.45, 2.75) is 6.61 Å². The maximum Gasteiger partial charge on any atom is 0.123 e. The van der Waals surface area contributed by atoms with Gasteiger partial charge in [0, 0.05) is 10.9 Å². The van der Waals surface area contributed by atoms with Crippen LogP contribution in [0, 0.1) is 6.07 Å². The van der Waals surface area contributed by atoms with E-state index in [1.807, 2.05) is 35.7 Å². The van der Waals surface area contributed by atoms with Gasteiger partial charge >= 0.3 is 0 Å². The molecule has 0 aliphatic rings. The van der Waals surface area contributed by atoms with Crippen LogP contribution in [0.1, 0.15) is 4.88 Å². The normalized spacial score (nSPS) is 9.93. The molecule has 1 heterocycles. The molecule has 0 saturated carbocycles. The third-order valence-electron chi connectivity index (χ3n) is 1.94. The van der Waals surface area contributed by atoms with E-state index in [1.165, 1.54) is 0 Å². The Morgan fingerprint density at radius 3 is 2.93 bits per heavy atom. The molecule has 2 rings (SSSR count). The van der Waals surface area contributed by atoms with Gasteiger partial charge in [-0.3, -0.25) is 0 Å². The number of methoxy groups -OCH3 is 1. The van der Waals surface area contributed by atoms with Crippen molar-refractivity contribution in [3.8, 4) is 11.5 Å². The summed E-state index contributed by atoms with van der Waals surface area (Å²) in [5.41, 5.74) is 0. The van der Waals surface area contributed by atoms with E-state index in [9.17, 15) is 0 Å². The van der Waals surface area contributed by atoms with Crippen LogP contribution in [0.2, 0.25) is 0 Å². The Morgan fingerprint density at radius 2 is 2.20 bits per heavy atom. The summed E-state index contributed by atoms with van der Waals surface area (Å²) in [5.74, 6) is 1.63. The number of hydrogen-bond acceptors (Lipinski definition) is 3. The minimum absolute atomic E-state index is 0.585. The molecule has 77 valence electrons. The maximum atomic E-state index is 5.60. The van der Waals surface area contributed by atoms with Crippen LogP contribution >= 0.6 is 11.3 Å². The fourth-order valence-electron chi connectivity index (χ4n) is 1.19. The monoisotopic (exact) mass is 219 g/mol. The molecule has 0 saturated heterocycles. The molecule has 2 aromatic rings. The lowest BCUT2D eigenvalue weighted by molar-refractivity contribution is 0.307. The van der Waals surface area contributed by atoms with Gasteiger partial charge in [-0.25, -0.2) is 0 Å². The zero-order valence-corrected chi connectivity index (χ0v) is 9.21. The average Bonchev–Trinajstić information content (AvgIpc) is 2.79. The molecule has 1 radical (unpaired) electrons. The van der Waals surface area contributed by atoms with E-state index >= 15 is 0 Å². The van der Waals surface area contributed by atoms with Crippen molar-refractivity contribution < 1.29 is 9.47 Å². The quantitative estimate of drug-likeness (QED) is 0.786. The minimum Gasteiger partial charge on any atom is -0.497 e. The summed E-state index contributed by atoms with van der Waals surface area (Å²) in [4.78, 5) is 1.16. The van der Waals surface area contributed by atoms with Crippen LogP contribution in [0.25, 0.3) is 0 Å². The Hall–Kier alpha value is -1.48. The van der Waals surface area contributed by atoms with Gasteiger partial charge in [-0.2, -0.15) is 0 Å². The number of hydrogen-bond donors (Lipinski definition) is 0. The van der Waals surface area contributed by atoms with Gasteiger partial charge in [0.05, 0.1) is 7.11 Å². The highest BCUT2D eigenvalue weighted by Crippen LogP contribution is 2.20. The summed E-state index contributed by atoms with van der Waals surface area (Å²) < 4.78 is 10.7. The van der Waals surface area contributed by atoms with Crippen molar-refractivity contribution in [1.29, 1.82) is 0 Å². The van der Waals surface area contributed by atoms with Crippen molar-refractivity contribution in [2.24, 2.45) is 0 Å². The minimum atomic E-state index is 0.585. The number of benzene rings is 1. The van der Waals surface area contributed by atoms with E-state index in [1.54, 1.807) is 18.4 Å². The van der Waals surface area contributed by atoms with Gasteiger partial charge < -0.3 is 9.47 Å². The van der Waals surface area contributed by atoms with Gasteiger partial charge in [0.2, 0.25) is 0 Å². The second-order valence-corrected chi connectivity index (χ2v) is 3.98. The van der Waals surface area contributed by atoms with Crippen molar-refractivity contribution >= 4 is 11.3 Å². The summed E-state index contributed by atoms with van der Waals surface area (Å²) in [6.07, 6.45) is 0. The van der Waals surface area contributed by atoms with Crippen LogP contribution < -0.4 is 9.47 Å². The van der Waals surface area contributed by atoms with Gasteiger partial charge in [-0.15, -0.1) is 11.3 Å². The topological polar surface area (TPSA) is 18.5 Å². The van der Waals surface area contributed by atoms with Crippen LogP contribution in [-0.4, -0.2) is 7.11 Å². The first kappa shape index (κ1) is 10.1. The highest BCUT2D eigenvalue weighted by Gasteiger charge is 1.98. The van der Waals surface area contributed by atoms with Crippen molar-refractivity contribution in [1.82, 2.24) is 0 Å². The summed E-state index contributed by atoms with van der Waals surface area (Å²) >= 11 is 1.64. The lowest BCUT2D eigenvalue weighted by Gasteiger charge is -2.06. The van der Waals surface area contributed by atoms with Crippen molar-refractivity contribution in [3.63, 3.8) is 0 Å². The van der Waals surface area contributed by atoms with E-state index in [0.717, 1.165) is 16.4 Å². The largest absolute Gasteiger partial charge is 0.497 e. The molecule has 0 bridgehead atoms. The molecule has 1 aromatic carbocycles. The smallest absolute Gasteiger partial charge is 0.123 e. The zero-order valence-electron chi connectivity index (χ0n) is 8.40. The summed E-state index contributed by atoms with van der Waals surface area (Å²) in [7, 11) is 1.65. The molecule has 0 spiro atoms. The van der Waals surface area contributed by atoms with Gasteiger partial charge in [-0.1, -0.05) is 6.07 Å². The number of thiophene rings is 1. The number of rotatable bonds is 4. The molecule has 3 heteroatoms. The highest BCUT2D eigenvalue weighted by molar-refractivity contribution is 7.09. The van der Waals surface area contributed by atoms with Gasteiger partial charge in [0.15, 0.2) is 0 Å². The highest BCUT2D eigenvalue weighted by atomic mass is 32.1. The molecule has 0 fully saturated rings. The Labute approximate surface area is 93.1 Å². The Morgan fingerprint density at radius 1 is 1.33 bits per heavy atom. The SMILES string of the molecule is COc1cccc(OCc2c[c]cs2)c1. The van der Waals surface area contributed by atoms with Crippen molar-refractivity contribution in [2.75, 3.05) is 7.11 Å². The van der Waals surface area contributed by atoms with Crippen LogP contribution in [-0.2, 0) is 6.61 Å². The molecular weight excluding hydrogens is 208 g/mol. The Kier molecular flexibility index (Phi) is 3.25. The lowest BCUT2D eigenvalue weighted by atomic mass is 10.3. The summed E-state index contributed by atoms with van der Waals surface area (Å²) in [6.45, 7) is 0.585. The first-order chi connectivity index (χ1) is 7.38. The molecule has 1 aromatic heterocycles. The average molecular weight is 219 g/mol. The van der Waals surface area contributed by atoms with Gasteiger partial charge in [0.1, 0.15) is 18.1 Å². The summed E-state index contributed by atoms with van der Waals surface area (Å²) in [5, 5.41) is 1.92. The third-order valence-corrected chi connectivity index (χ3v) is 2.74. The summed E-state index contributed by atoms with van der Waals surface area (Å²) in [6, 6.07) is 12.5. The van der Waals surface area contributed by atoms with Crippen LogP contribution in [0.5, 0.6) is 11.5 Å². The second-order valence-electron chi connectivity index (χ2n) is 2.98. The molecule has 0 amide bonds. The molecule has 0 aliphatic heterocycles. The van der Waals surface area contributed by atoms with Crippen LogP contribution in [0.4, 0.5) is 0 Å². The molecule has 0 atom stereocenters. The lowest BCUT2D eigenvalue weighted by Crippen LogP contribution is -1.93.